The van der Waals surface area contributed by atoms with Crippen molar-refractivity contribution in [2.75, 3.05) is 7.11 Å². The maximum atomic E-state index is 10.2. The number of methoxy groups -OCH3 is 1. The minimum absolute atomic E-state index is 0.0184. The van der Waals surface area contributed by atoms with E-state index in [1.54, 1.807) is 43.7 Å². The summed E-state index contributed by atoms with van der Waals surface area (Å²) in [6.07, 6.45) is 3.01. The van der Waals surface area contributed by atoms with Gasteiger partial charge in [0.15, 0.2) is 0 Å². The lowest BCUT2D eigenvalue weighted by molar-refractivity contribution is 0.415. The van der Waals surface area contributed by atoms with Crippen molar-refractivity contribution in [3.05, 3.63) is 35.4 Å². The molecule has 3 heteroatoms. The van der Waals surface area contributed by atoms with Gasteiger partial charge in [0.2, 0.25) is 6.29 Å². The molecule has 0 heterocycles. The van der Waals surface area contributed by atoms with Crippen LogP contribution in [0.4, 0.5) is 0 Å². The van der Waals surface area contributed by atoms with Crippen LogP contribution in [0.15, 0.2) is 29.8 Å². The predicted molar refractivity (Wildman–Crippen MR) is 52.3 cm³/mol. The number of nitriles is 1. The molecule has 0 saturated heterocycles. The minimum Gasteiger partial charge on any atom is -0.497 e. The lowest BCUT2D eigenvalue weighted by Crippen LogP contribution is -1.83. The SMILES string of the molecule is COc1ccc(C=C([C]=O)C#N)cc1. The molecule has 0 spiro atoms. The van der Waals surface area contributed by atoms with Crippen LogP contribution in [0.25, 0.3) is 6.08 Å². The Bertz CT molecular complexity index is 385. The Kier molecular flexibility index (Phi) is 3.45. The molecule has 69 valence electrons. The molecular weight excluding hydrogens is 178 g/mol. The summed E-state index contributed by atoms with van der Waals surface area (Å²) in [6, 6.07) is 8.76. The molecule has 0 aromatic heterocycles. The highest BCUT2D eigenvalue weighted by Gasteiger charge is 1.95. The maximum absolute atomic E-state index is 10.2. The van der Waals surface area contributed by atoms with Crippen LogP contribution in [-0.4, -0.2) is 13.4 Å². The number of benzene rings is 1. The van der Waals surface area contributed by atoms with Gasteiger partial charge in [-0.1, -0.05) is 12.1 Å². The Hall–Kier alpha value is -2.08. The summed E-state index contributed by atoms with van der Waals surface area (Å²) in [4.78, 5) is 10.2. The summed E-state index contributed by atoms with van der Waals surface area (Å²) >= 11 is 0. The Balaban J connectivity index is 2.94. The van der Waals surface area contributed by atoms with Crippen molar-refractivity contribution in [1.82, 2.24) is 0 Å². The van der Waals surface area contributed by atoms with E-state index in [1.807, 2.05) is 0 Å². The van der Waals surface area contributed by atoms with Crippen molar-refractivity contribution in [1.29, 1.82) is 5.26 Å². The first-order valence-corrected chi connectivity index (χ1v) is 3.94. The Morgan fingerprint density at radius 2 is 2.07 bits per heavy atom. The first-order chi connectivity index (χ1) is 6.80. The number of hydrogen-bond donors (Lipinski definition) is 0. The van der Waals surface area contributed by atoms with Gasteiger partial charge in [-0.3, -0.25) is 4.79 Å². The summed E-state index contributed by atoms with van der Waals surface area (Å²) in [7, 11) is 1.57. The molecule has 0 atom stereocenters. The topological polar surface area (TPSA) is 50.1 Å². The minimum atomic E-state index is -0.0184. The number of allylic oxidation sites excluding steroid dienone is 1. The predicted octanol–water partition coefficient (Wildman–Crippen LogP) is 1.71. The molecule has 14 heavy (non-hydrogen) atoms. The summed E-state index contributed by atoms with van der Waals surface area (Å²) in [5, 5.41) is 8.48. The maximum Gasteiger partial charge on any atom is 0.244 e. The van der Waals surface area contributed by atoms with Gasteiger partial charge in [-0.05, 0) is 23.8 Å². The zero-order chi connectivity index (χ0) is 10.4. The average molecular weight is 186 g/mol. The van der Waals surface area contributed by atoms with Gasteiger partial charge in [0.25, 0.3) is 0 Å². The number of carbonyl (C=O) groups excluding carboxylic acids is 1. The molecule has 0 fully saturated rings. The largest absolute Gasteiger partial charge is 0.497 e. The van der Waals surface area contributed by atoms with Gasteiger partial charge in [0.1, 0.15) is 17.4 Å². The number of ether oxygens (including phenoxy) is 1. The van der Waals surface area contributed by atoms with Crippen LogP contribution < -0.4 is 4.74 Å². The van der Waals surface area contributed by atoms with Crippen molar-refractivity contribution >= 4 is 12.4 Å². The smallest absolute Gasteiger partial charge is 0.244 e. The summed E-state index contributed by atoms with van der Waals surface area (Å²) in [5.74, 6) is 0.732. The number of nitrogens with zero attached hydrogens (tertiary/aromatic N) is 1. The van der Waals surface area contributed by atoms with Gasteiger partial charge < -0.3 is 4.74 Å². The van der Waals surface area contributed by atoms with Gasteiger partial charge in [0.05, 0.1) is 7.11 Å². The van der Waals surface area contributed by atoms with E-state index < -0.39 is 0 Å². The molecular formula is C11H8NO2. The first-order valence-electron chi connectivity index (χ1n) is 3.94. The number of rotatable bonds is 3. The highest BCUT2D eigenvalue weighted by atomic mass is 16.5. The molecule has 0 aliphatic carbocycles. The first kappa shape index (κ1) is 10.0. The molecule has 0 amide bonds. The second-order valence-corrected chi connectivity index (χ2v) is 2.55. The van der Waals surface area contributed by atoms with Crippen LogP contribution in [0.5, 0.6) is 5.75 Å². The van der Waals surface area contributed by atoms with Crippen LogP contribution in [0, 0.1) is 11.3 Å². The fraction of sp³-hybridized carbons (Fsp3) is 0.0909. The van der Waals surface area contributed by atoms with Gasteiger partial charge in [-0.15, -0.1) is 0 Å². The van der Waals surface area contributed by atoms with Crippen LogP contribution in [-0.2, 0) is 4.79 Å². The molecule has 0 unspecified atom stereocenters. The van der Waals surface area contributed by atoms with Crippen LogP contribution in [0.2, 0.25) is 0 Å². The highest BCUT2D eigenvalue weighted by Crippen LogP contribution is 2.13. The lowest BCUT2D eigenvalue weighted by Gasteiger charge is -1.98. The molecule has 1 radical (unpaired) electrons. The Morgan fingerprint density at radius 1 is 1.43 bits per heavy atom. The standard InChI is InChI=1S/C11H8NO2/c1-14-11-4-2-9(3-5-11)6-10(7-12)8-13/h2-6H,1H3. The molecule has 0 aliphatic rings. The fourth-order valence-corrected chi connectivity index (χ4v) is 0.951. The van der Waals surface area contributed by atoms with Crippen LogP contribution >= 0.6 is 0 Å². The zero-order valence-electron chi connectivity index (χ0n) is 7.65. The third kappa shape index (κ3) is 2.46. The molecule has 3 nitrogen and oxygen atoms in total. The fourth-order valence-electron chi connectivity index (χ4n) is 0.951. The van der Waals surface area contributed by atoms with Crippen molar-refractivity contribution in [2.45, 2.75) is 0 Å². The van der Waals surface area contributed by atoms with E-state index in [1.165, 1.54) is 6.08 Å². The summed E-state index contributed by atoms with van der Waals surface area (Å²) in [6.45, 7) is 0. The summed E-state index contributed by atoms with van der Waals surface area (Å²) in [5.41, 5.74) is 0.751. The van der Waals surface area contributed by atoms with Gasteiger partial charge in [-0.2, -0.15) is 5.26 Å². The second-order valence-electron chi connectivity index (χ2n) is 2.55. The van der Waals surface area contributed by atoms with Crippen molar-refractivity contribution in [3.63, 3.8) is 0 Å². The zero-order valence-corrected chi connectivity index (χ0v) is 7.65. The van der Waals surface area contributed by atoms with Crippen LogP contribution in [0.1, 0.15) is 5.56 Å². The molecule has 1 aromatic rings. The van der Waals surface area contributed by atoms with Crippen molar-refractivity contribution < 1.29 is 9.53 Å². The van der Waals surface area contributed by atoms with E-state index in [-0.39, 0.29) is 5.57 Å². The summed E-state index contributed by atoms with van der Waals surface area (Å²) < 4.78 is 4.96. The monoisotopic (exact) mass is 186 g/mol. The van der Waals surface area contributed by atoms with E-state index in [0.717, 1.165) is 11.3 Å². The van der Waals surface area contributed by atoms with Gasteiger partial charge >= 0.3 is 0 Å². The quantitative estimate of drug-likeness (QED) is 0.533. The van der Waals surface area contributed by atoms with Crippen molar-refractivity contribution in [2.24, 2.45) is 0 Å². The van der Waals surface area contributed by atoms with Gasteiger partial charge in [-0.25, -0.2) is 0 Å². The molecule has 0 N–H and O–H groups in total. The highest BCUT2D eigenvalue weighted by molar-refractivity contribution is 5.87. The van der Waals surface area contributed by atoms with E-state index in [4.69, 9.17) is 10.00 Å². The normalized spacial score (nSPS) is 10.4. The average Bonchev–Trinajstić information content (AvgIpc) is 2.26. The van der Waals surface area contributed by atoms with E-state index >= 15 is 0 Å². The Labute approximate surface area is 82.2 Å². The molecule has 1 rings (SSSR count). The molecule has 0 saturated carbocycles. The van der Waals surface area contributed by atoms with Gasteiger partial charge in [0, 0.05) is 0 Å². The van der Waals surface area contributed by atoms with E-state index in [9.17, 15) is 4.79 Å². The van der Waals surface area contributed by atoms with E-state index in [2.05, 4.69) is 0 Å². The number of hydrogen-bond acceptors (Lipinski definition) is 3. The molecule has 1 aromatic carbocycles. The molecule has 0 bridgehead atoms. The second kappa shape index (κ2) is 4.83. The Morgan fingerprint density at radius 3 is 2.50 bits per heavy atom. The third-order valence-electron chi connectivity index (χ3n) is 1.66. The molecule has 0 aliphatic heterocycles. The van der Waals surface area contributed by atoms with E-state index in [0.29, 0.717) is 0 Å². The van der Waals surface area contributed by atoms with Crippen molar-refractivity contribution in [3.8, 4) is 11.8 Å². The lowest BCUT2D eigenvalue weighted by atomic mass is 10.1. The third-order valence-corrected chi connectivity index (χ3v) is 1.66. The van der Waals surface area contributed by atoms with Crippen LogP contribution in [0.3, 0.4) is 0 Å².